The van der Waals surface area contributed by atoms with E-state index in [4.69, 9.17) is 4.74 Å². The van der Waals surface area contributed by atoms with Crippen LogP contribution in [0.2, 0.25) is 0 Å². The van der Waals surface area contributed by atoms with E-state index >= 15 is 0 Å². The highest BCUT2D eigenvalue weighted by Gasteiger charge is 2.35. The van der Waals surface area contributed by atoms with Crippen molar-refractivity contribution in [3.63, 3.8) is 0 Å². The number of unbranched alkanes of at least 4 members (excludes halogenated alkanes) is 1. The fraction of sp³-hybridized carbons (Fsp3) is 0.625. The van der Waals surface area contributed by atoms with E-state index in [-0.39, 0.29) is 37.8 Å². The highest BCUT2D eigenvalue weighted by atomic mass is 32.2. The largest absolute Gasteiger partial charge is 0.445 e. The quantitative estimate of drug-likeness (QED) is 0.111. The molecular weight excluding hydrogens is 630 g/mol. The van der Waals surface area contributed by atoms with Gasteiger partial charge in [-0.3, -0.25) is 23.9 Å². The SMILES string of the molecule is CCCN(C(=O)[C@@H](NC(=O)[C@H](CCCCNC(=O)OCc1ccccc1)NC(=O)CCC(=O)NS(C)(=O)=O)C(C)C)[C@H](C=O)C(C)C. The van der Waals surface area contributed by atoms with Gasteiger partial charge >= 0.3 is 6.09 Å². The number of nitrogens with zero attached hydrogens (tertiary/aromatic N) is 1. The topological polar surface area (TPSA) is 197 Å². The number of amides is 5. The van der Waals surface area contributed by atoms with Crippen LogP contribution in [-0.4, -0.2) is 86.8 Å². The van der Waals surface area contributed by atoms with Gasteiger partial charge in [-0.1, -0.05) is 65.0 Å². The molecule has 0 saturated carbocycles. The van der Waals surface area contributed by atoms with Crippen LogP contribution < -0.4 is 20.7 Å². The summed E-state index contributed by atoms with van der Waals surface area (Å²) in [6.07, 6.45) is 1.68. The maximum Gasteiger partial charge on any atom is 0.407 e. The van der Waals surface area contributed by atoms with Gasteiger partial charge in [0.15, 0.2) is 0 Å². The summed E-state index contributed by atoms with van der Waals surface area (Å²) >= 11 is 0. The monoisotopic (exact) mass is 681 g/mol. The second-order valence-electron chi connectivity index (χ2n) is 12.0. The van der Waals surface area contributed by atoms with Crippen LogP contribution in [0, 0.1) is 11.8 Å². The summed E-state index contributed by atoms with van der Waals surface area (Å²) in [5, 5.41) is 7.98. The van der Waals surface area contributed by atoms with E-state index in [1.54, 1.807) is 18.6 Å². The fourth-order valence-corrected chi connectivity index (χ4v) is 5.16. The molecule has 0 heterocycles. The van der Waals surface area contributed by atoms with Crippen molar-refractivity contribution in [2.24, 2.45) is 11.8 Å². The normalized spacial score (nSPS) is 13.2. The first-order valence-corrected chi connectivity index (χ1v) is 17.8. The molecule has 1 rings (SSSR count). The standard InChI is InChI=1S/C32H51N5O9S/c1-7-19-37(26(20-38)22(2)3)31(42)29(23(4)5)35-30(41)25(34-27(39)16-17-28(40)36-47(6,44)45)15-11-12-18-33-32(43)46-21-24-13-9-8-10-14-24/h8-10,13-14,20,22-23,25-26,29H,7,11-12,15-19,21H2,1-6H3,(H,33,43)(H,34,39)(H,35,41)(H,36,40)/t25-,26+,29-/m0/s1. The molecule has 1 aromatic carbocycles. The molecule has 0 aliphatic heterocycles. The van der Waals surface area contributed by atoms with Gasteiger partial charge in [0, 0.05) is 25.9 Å². The number of rotatable bonds is 21. The minimum atomic E-state index is -3.80. The summed E-state index contributed by atoms with van der Waals surface area (Å²) in [5.41, 5.74) is 0.836. The van der Waals surface area contributed by atoms with Crippen molar-refractivity contribution in [3.8, 4) is 0 Å². The summed E-state index contributed by atoms with van der Waals surface area (Å²) in [7, 11) is -3.80. The van der Waals surface area contributed by atoms with E-state index in [1.165, 1.54) is 4.90 Å². The summed E-state index contributed by atoms with van der Waals surface area (Å²) < 4.78 is 29.6. The van der Waals surface area contributed by atoms with Crippen molar-refractivity contribution in [1.82, 2.24) is 25.6 Å². The first-order valence-electron chi connectivity index (χ1n) is 15.9. The maximum atomic E-state index is 13.7. The van der Waals surface area contributed by atoms with Crippen molar-refractivity contribution in [2.75, 3.05) is 19.3 Å². The summed E-state index contributed by atoms with van der Waals surface area (Å²) in [5.74, 6) is -3.09. The molecule has 0 saturated heterocycles. The van der Waals surface area contributed by atoms with Gasteiger partial charge in [-0.2, -0.15) is 0 Å². The molecule has 3 atom stereocenters. The summed E-state index contributed by atoms with van der Waals surface area (Å²) in [6, 6.07) is 6.40. The van der Waals surface area contributed by atoms with E-state index in [9.17, 15) is 37.2 Å². The zero-order valence-corrected chi connectivity index (χ0v) is 29.1. The molecule has 1 aromatic rings. The van der Waals surface area contributed by atoms with Crippen molar-refractivity contribution in [2.45, 2.75) is 97.9 Å². The van der Waals surface area contributed by atoms with Crippen LogP contribution in [0.5, 0.6) is 0 Å². The van der Waals surface area contributed by atoms with Crippen molar-refractivity contribution < 1.29 is 41.9 Å². The Labute approximate surface area is 278 Å². The van der Waals surface area contributed by atoms with Gasteiger partial charge in [-0.15, -0.1) is 0 Å². The predicted octanol–water partition coefficient (Wildman–Crippen LogP) is 2.03. The molecule has 14 nitrogen and oxygen atoms in total. The molecule has 0 aromatic heterocycles. The van der Waals surface area contributed by atoms with Crippen molar-refractivity contribution >= 4 is 46.0 Å². The number of benzene rings is 1. The zero-order valence-electron chi connectivity index (χ0n) is 28.2. The molecule has 0 bridgehead atoms. The van der Waals surface area contributed by atoms with Gasteiger partial charge in [0.2, 0.25) is 33.7 Å². The Bertz CT molecular complexity index is 1290. The lowest BCUT2D eigenvalue weighted by atomic mass is 9.97. The van der Waals surface area contributed by atoms with Crippen LogP contribution >= 0.6 is 0 Å². The lowest BCUT2D eigenvalue weighted by molar-refractivity contribution is -0.143. The van der Waals surface area contributed by atoms with Crippen LogP contribution in [0.15, 0.2) is 30.3 Å². The van der Waals surface area contributed by atoms with E-state index < -0.39 is 64.3 Å². The number of nitrogens with one attached hydrogen (secondary N) is 4. The Morgan fingerprint density at radius 1 is 0.915 bits per heavy atom. The predicted molar refractivity (Wildman–Crippen MR) is 176 cm³/mol. The smallest absolute Gasteiger partial charge is 0.407 e. The van der Waals surface area contributed by atoms with Gasteiger partial charge in [0.05, 0.1) is 12.3 Å². The number of hydrogen-bond donors (Lipinski definition) is 4. The fourth-order valence-electron chi connectivity index (χ4n) is 4.64. The zero-order chi connectivity index (χ0) is 35.6. The lowest BCUT2D eigenvalue weighted by Crippen LogP contribution is -2.58. The highest BCUT2D eigenvalue weighted by molar-refractivity contribution is 7.89. The molecule has 0 aliphatic carbocycles. The maximum absolute atomic E-state index is 13.7. The Balaban J connectivity index is 2.95. The van der Waals surface area contributed by atoms with Crippen LogP contribution in [0.1, 0.15) is 78.7 Å². The first-order chi connectivity index (χ1) is 22.1. The number of aldehydes is 1. The lowest BCUT2D eigenvalue weighted by Gasteiger charge is -2.35. The van der Waals surface area contributed by atoms with Crippen molar-refractivity contribution in [3.05, 3.63) is 35.9 Å². The van der Waals surface area contributed by atoms with Crippen LogP contribution in [0.3, 0.4) is 0 Å². The number of ether oxygens (including phenoxy) is 1. The molecular formula is C32H51N5O9S. The van der Waals surface area contributed by atoms with Gasteiger partial charge in [0.1, 0.15) is 25.0 Å². The van der Waals surface area contributed by atoms with Gasteiger partial charge in [-0.25, -0.2) is 13.2 Å². The van der Waals surface area contributed by atoms with Gasteiger partial charge in [0.25, 0.3) is 0 Å². The van der Waals surface area contributed by atoms with E-state index in [2.05, 4.69) is 16.0 Å². The molecule has 0 spiro atoms. The van der Waals surface area contributed by atoms with Crippen LogP contribution in [0.4, 0.5) is 4.79 Å². The van der Waals surface area contributed by atoms with E-state index in [0.29, 0.717) is 25.8 Å². The second-order valence-corrected chi connectivity index (χ2v) is 13.8. The molecule has 0 fully saturated rings. The second kappa shape index (κ2) is 21.0. The van der Waals surface area contributed by atoms with Crippen molar-refractivity contribution in [1.29, 1.82) is 0 Å². The minimum absolute atomic E-state index is 0.110. The Kier molecular flexibility index (Phi) is 18.3. The molecule has 4 N–H and O–H groups in total. The van der Waals surface area contributed by atoms with Crippen LogP contribution in [0.25, 0.3) is 0 Å². The Morgan fingerprint density at radius 3 is 2.11 bits per heavy atom. The molecule has 264 valence electrons. The Morgan fingerprint density at radius 2 is 1.55 bits per heavy atom. The Hall–Kier alpha value is -4.01. The third kappa shape index (κ3) is 16.4. The third-order valence-electron chi connectivity index (χ3n) is 7.09. The molecule has 0 aliphatic rings. The average Bonchev–Trinajstić information content (AvgIpc) is 2.99. The van der Waals surface area contributed by atoms with Gasteiger partial charge in [-0.05, 0) is 43.1 Å². The number of sulfonamides is 1. The number of alkyl carbamates (subject to hydrolysis) is 1. The van der Waals surface area contributed by atoms with E-state index in [0.717, 1.165) is 18.1 Å². The number of hydrogen-bond acceptors (Lipinski definition) is 9. The average molecular weight is 682 g/mol. The third-order valence-corrected chi connectivity index (χ3v) is 7.69. The minimum Gasteiger partial charge on any atom is -0.445 e. The summed E-state index contributed by atoms with van der Waals surface area (Å²) in [4.78, 5) is 77.3. The van der Waals surface area contributed by atoms with Gasteiger partial charge < -0.3 is 30.4 Å². The number of carbonyl (C=O) groups is 6. The molecule has 47 heavy (non-hydrogen) atoms. The number of carbonyl (C=O) groups excluding carboxylic acids is 6. The van der Waals surface area contributed by atoms with Crippen LogP contribution in [-0.2, 0) is 45.3 Å². The summed E-state index contributed by atoms with van der Waals surface area (Å²) in [6.45, 7) is 9.72. The highest BCUT2D eigenvalue weighted by Crippen LogP contribution is 2.15. The molecule has 5 amide bonds. The van der Waals surface area contributed by atoms with E-state index in [1.807, 2.05) is 51.1 Å². The molecule has 0 radical (unpaired) electrons. The molecule has 0 unspecified atom stereocenters. The molecule has 15 heteroatoms. The first kappa shape index (κ1) is 41.0.